The maximum atomic E-state index is 9.04. The molecule has 0 spiro atoms. The van der Waals surface area contributed by atoms with Gasteiger partial charge < -0.3 is 14.9 Å². The van der Waals surface area contributed by atoms with E-state index in [1.165, 1.54) is 0 Å². The molecule has 1 aromatic rings. The normalized spacial score (nSPS) is 10.4. The second kappa shape index (κ2) is 12.3. The van der Waals surface area contributed by atoms with Crippen LogP contribution >= 0.6 is 0 Å². The van der Waals surface area contributed by atoms with Crippen LogP contribution in [0.3, 0.4) is 0 Å². The minimum absolute atomic E-state index is 0.0341. The summed E-state index contributed by atoms with van der Waals surface area (Å²) in [6.45, 7) is 11.3. The van der Waals surface area contributed by atoms with E-state index >= 15 is 0 Å². The van der Waals surface area contributed by atoms with Crippen molar-refractivity contribution in [3.8, 4) is 5.88 Å². The molecule has 1 heterocycles. The number of ether oxygens (including phenoxy) is 1. The van der Waals surface area contributed by atoms with Gasteiger partial charge in [0.05, 0.1) is 6.61 Å². The van der Waals surface area contributed by atoms with E-state index in [1.54, 1.807) is 13.0 Å². The molecule has 0 aliphatic carbocycles. The predicted molar refractivity (Wildman–Crippen MR) is 72.8 cm³/mol. The summed E-state index contributed by atoms with van der Waals surface area (Å²) in [7, 11) is 0. The van der Waals surface area contributed by atoms with Gasteiger partial charge in [0.1, 0.15) is 18.5 Å². The van der Waals surface area contributed by atoms with E-state index in [2.05, 4.69) is 9.97 Å². The van der Waals surface area contributed by atoms with Crippen LogP contribution in [0.25, 0.3) is 0 Å². The van der Waals surface area contributed by atoms with Crippen molar-refractivity contribution in [1.29, 1.82) is 0 Å². The molecule has 0 amide bonds. The van der Waals surface area contributed by atoms with E-state index in [0.29, 0.717) is 11.7 Å². The molecule has 0 aliphatic rings. The maximum Gasteiger partial charge on any atom is 0.216 e. The van der Waals surface area contributed by atoms with E-state index in [-0.39, 0.29) is 13.2 Å². The lowest BCUT2D eigenvalue weighted by atomic mass is 10.4. The Kier molecular flexibility index (Phi) is 13.0. The number of hydrogen-bond donors (Lipinski definition) is 2. The molecule has 0 saturated carbocycles. The van der Waals surface area contributed by atoms with Crippen molar-refractivity contribution in [2.75, 3.05) is 13.2 Å². The number of aliphatic hydroxyl groups is 2. The quantitative estimate of drug-likeness (QED) is 0.862. The molecule has 5 heteroatoms. The fourth-order valence-electron chi connectivity index (χ4n) is 0.991. The van der Waals surface area contributed by atoms with Crippen LogP contribution in [0.5, 0.6) is 5.88 Å². The molecular weight excluding hydrogens is 232 g/mol. The van der Waals surface area contributed by atoms with Gasteiger partial charge in [-0.15, -0.1) is 0 Å². The average molecular weight is 258 g/mol. The van der Waals surface area contributed by atoms with Crippen molar-refractivity contribution >= 4 is 0 Å². The fraction of sp³-hybridized carbons (Fsp3) is 0.692. The van der Waals surface area contributed by atoms with Gasteiger partial charge >= 0.3 is 0 Å². The van der Waals surface area contributed by atoms with Gasteiger partial charge in [0.2, 0.25) is 5.88 Å². The average Bonchev–Trinajstić information content (AvgIpc) is 2.39. The molecule has 0 radical (unpaired) electrons. The first-order valence-corrected chi connectivity index (χ1v) is 6.36. The van der Waals surface area contributed by atoms with Crippen molar-refractivity contribution in [1.82, 2.24) is 9.97 Å². The minimum Gasteiger partial charge on any atom is -0.475 e. The van der Waals surface area contributed by atoms with E-state index in [9.17, 15) is 0 Å². The molecule has 0 saturated heterocycles. The third-order valence-corrected chi connectivity index (χ3v) is 1.58. The summed E-state index contributed by atoms with van der Waals surface area (Å²) < 4.78 is 5.16. The molecule has 5 nitrogen and oxygen atoms in total. The SMILES string of the molecule is CC.CC.Cc1cc(OCC(O)CO)nc(C)n1. The van der Waals surface area contributed by atoms with Crippen molar-refractivity contribution in [2.24, 2.45) is 0 Å². The summed E-state index contributed by atoms with van der Waals surface area (Å²) in [5, 5.41) is 17.6. The van der Waals surface area contributed by atoms with Crippen LogP contribution in [0.2, 0.25) is 0 Å². The standard InChI is InChI=1S/C9H14N2O3.2C2H6/c1-6-3-9(11-7(2)10-6)14-5-8(13)4-12;2*1-2/h3,8,12-13H,4-5H2,1-2H3;2*1-2H3. The zero-order valence-electron chi connectivity index (χ0n) is 12.3. The van der Waals surface area contributed by atoms with Gasteiger partial charge in [0, 0.05) is 11.8 Å². The largest absolute Gasteiger partial charge is 0.475 e. The second-order valence-electron chi connectivity index (χ2n) is 3.04. The van der Waals surface area contributed by atoms with Gasteiger partial charge in [-0.05, 0) is 13.8 Å². The van der Waals surface area contributed by atoms with Gasteiger partial charge in [0.25, 0.3) is 0 Å². The van der Waals surface area contributed by atoms with E-state index in [1.807, 2.05) is 34.6 Å². The van der Waals surface area contributed by atoms with Gasteiger partial charge in [-0.3, -0.25) is 0 Å². The van der Waals surface area contributed by atoms with Crippen molar-refractivity contribution in [2.45, 2.75) is 47.6 Å². The smallest absolute Gasteiger partial charge is 0.216 e. The predicted octanol–water partition coefficient (Wildman–Crippen LogP) is 1.88. The zero-order chi connectivity index (χ0) is 14.6. The van der Waals surface area contributed by atoms with Crippen molar-refractivity contribution < 1.29 is 14.9 Å². The highest BCUT2D eigenvalue weighted by Crippen LogP contribution is 2.08. The van der Waals surface area contributed by atoms with Crippen LogP contribution in [-0.2, 0) is 0 Å². The molecule has 18 heavy (non-hydrogen) atoms. The third-order valence-electron chi connectivity index (χ3n) is 1.58. The van der Waals surface area contributed by atoms with Gasteiger partial charge in [0.15, 0.2) is 0 Å². The molecule has 1 aromatic heterocycles. The summed E-state index contributed by atoms with van der Waals surface area (Å²) in [6.07, 6.45) is -0.870. The van der Waals surface area contributed by atoms with Crippen LogP contribution in [0.4, 0.5) is 0 Å². The molecule has 0 bridgehead atoms. The van der Waals surface area contributed by atoms with Crippen molar-refractivity contribution in [3.05, 3.63) is 17.6 Å². The summed E-state index contributed by atoms with van der Waals surface area (Å²) in [6, 6.07) is 1.68. The highest BCUT2D eigenvalue weighted by molar-refractivity contribution is 5.14. The monoisotopic (exact) mass is 258 g/mol. The molecule has 0 aliphatic heterocycles. The molecule has 1 unspecified atom stereocenters. The van der Waals surface area contributed by atoms with Crippen LogP contribution in [0.1, 0.15) is 39.2 Å². The van der Waals surface area contributed by atoms with Crippen LogP contribution in [0, 0.1) is 13.8 Å². The number of rotatable bonds is 4. The molecule has 0 aromatic carbocycles. The Hall–Kier alpha value is -1.20. The van der Waals surface area contributed by atoms with Gasteiger partial charge in [-0.2, -0.15) is 4.98 Å². The van der Waals surface area contributed by atoms with E-state index in [0.717, 1.165) is 5.69 Å². The highest BCUT2D eigenvalue weighted by atomic mass is 16.5. The maximum absolute atomic E-state index is 9.04. The Labute approximate surface area is 110 Å². The lowest BCUT2D eigenvalue weighted by molar-refractivity contribution is 0.0520. The Morgan fingerprint density at radius 1 is 1.17 bits per heavy atom. The minimum atomic E-state index is -0.870. The third kappa shape index (κ3) is 8.90. The van der Waals surface area contributed by atoms with Gasteiger partial charge in [-0.1, -0.05) is 27.7 Å². The Balaban J connectivity index is 0. The number of aromatic nitrogens is 2. The van der Waals surface area contributed by atoms with Crippen molar-refractivity contribution in [3.63, 3.8) is 0 Å². The molecule has 1 rings (SSSR count). The first-order chi connectivity index (χ1) is 8.61. The Bertz CT molecular complexity index is 286. The number of hydrogen-bond acceptors (Lipinski definition) is 5. The summed E-state index contributed by atoms with van der Waals surface area (Å²) >= 11 is 0. The second-order valence-corrected chi connectivity index (χ2v) is 3.04. The molecule has 106 valence electrons. The lowest BCUT2D eigenvalue weighted by Crippen LogP contribution is -2.21. The van der Waals surface area contributed by atoms with E-state index < -0.39 is 6.10 Å². The van der Waals surface area contributed by atoms with Gasteiger partial charge in [-0.25, -0.2) is 4.98 Å². The molecular formula is C13H26N2O3. The molecule has 0 fully saturated rings. The topological polar surface area (TPSA) is 75.5 Å². The number of aliphatic hydroxyl groups excluding tert-OH is 2. The zero-order valence-corrected chi connectivity index (χ0v) is 12.3. The molecule has 2 N–H and O–H groups in total. The summed E-state index contributed by atoms with van der Waals surface area (Å²) in [4.78, 5) is 8.09. The summed E-state index contributed by atoms with van der Waals surface area (Å²) in [5.74, 6) is 1.04. The fourth-order valence-corrected chi connectivity index (χ4v) is 0.991. The summed E-state index contributed by atoms with van der Waals surface area (Å²) in [5.41, 5.74) is 0.811. The first-order valence-electron chi connectivity index (χ1n) is 6.36. The highest BCUT2D eigenvalue weighted by Gasteiger charge is 2.04. The number of nitrogens with zero attached hydrogens (tertiary/aromatic N) is 2. The van der Waals surface area contributed by atoms with Crippen LogP contribution in [0.15, 0.2) is 6.07 Å². The lowest BCUT2D eigenvalue weighted by Gasteiger charge is -2.09. The first kappa shape index (κ1) is 19.1. The van der Waals surface area contributed by atoms with E-state index in [4.69, 9.17) is 14.9 Å². The van der Waals surface area contributed by atoms with Crippen LogP contribution < -0.4 is 4.74 Å². The molecule has 1 atom stereocenters. The van der Waals surface area contributed by atoms with Crippen LogP contribution in [-0.4, -0.2) is 39.5 Å². The number of aryl methyl sites for hydroxylation is 2. The Morgan fingerprint density at radius 2 is 1.72 bits per heavy atom. The Morgan fingerprint density at radius 3 is 2.17 bits per heavy atom.